The molecule has 0 aromatic heterocycles. The molecule has 51 heavy (non-hydrogen) atoms. The third-order valence-electron chi connectivity index (χ3n) is 7.57. The van der Waals surface area contributed by atoms with Gasteiger partial charge in [0, 0.05) is 22.9 Å². The summed E-state index contributed by atoms with van der Waals surface area (Å²) in [5.41, 5.74) is 9.35. The SMILES string of the molecule is CCOc1cc(C(Nc2ccc(C(=N)N)cc2)P(=O)(OCc2ccccc2)OCc2ccccc2)c(NS(C)(=O)=O)cc1OCc1ccccc1. The zero-order chi connectivity index (χ0) is 36.3. The van der Waals surface area contributed by atoms with E-state index in [0.717, 1.165) is 22.9 Å². The van der Waals surface area contributed by atoms with E-state index in [4.69, 9.17) is 29.7 Å². The Hall–Kier alpha value is -5.13. The van der Waals surface area contributed by atoms with E-state index in [1.165, 1.54) is 6.07 Å². The van der Waals surface area contributed by atoms with Crippen molar-refractivity contribution in [1.82, 2.24) is 0 Å². The summed E-state index contributed by atoms with van der Waals surface area (Å²) < 4.78 is 68.4. The molecule has 0 spiro atoms. The van der Waals surface area contributed by atoms with Gasteiger partial charge in [-0.15, -0.1) is 0 Å². The smallest absolute Gasteiger partial charge is 0.357 e. The second kappa shape index (κ2) is 17.2. The van der Waals surface area contributed by atoms with E-state index in [9.17, 15) is 8.42 Å². The number of ether oxygens (including phenoxy) is 2. The van der Waals surface area contributed by atoms with Crippen LogP contribution in [0, 0.1) is 5.41 Å². The Morgan fingerprint density at radius 2 is 1.24 bits per heavy atom. The van der Waals surface area contributed by atoms with Gasteiger partial charge in [-0.25, -0.2) is 8.42 Å². The van der Waals surface area contributed by atoms with Crippen molar-refractivity contribution in [2.75, 3.05) is 22.9 Å². The van der Waals surface area contributed by atoms with Crippen LogP contribution >= 0.6 is 7.60 Å². The molecule has 5 aromatic rings. The molecule has 0 saturated carbocycles. The summed E-state index contributed by atoms with van der Waals surface area (Å²) in [5.74, 6) is -0.850. The minimum absolute atomic E-state index is 0.0697. The standard InChI is InChI=1S/C38H41N4O7PS/c1-3-46-35-23-33(34(42-51(2,44)45)24-36(35)47-25-28-13-7-4-8-14-28)38(41-32-21-19-31(20-22-32)37(39)40)50(43,48-26-29-15-9-5-10-16-29)49-27-30-17-11-6-12-18-30/h4-24,38,41-42H,3,25-27H2,1-2H3,(H3,39,40). The van der Waals surface area contributed by atoms with Crippen LogP contribution in [0.4, 0.5) is 11.4 Å². The van der Waals surface area contributed by atoms with Gasteiger partial charge in [-0.05, 0) is 53.9 Å². The zero-order valence-electron chi connectivity index (χ0n) is 28.3. The molecule has 0 fully saturated rings. The number of nitrogens with two attached hydrogens (primary N) is 1. The Morgan fingerprint density at radius 3 is 1.71 bits per heavy atom. The summed E-state index contributed by atoms with van der Waals surface area (Å²) in [6, 6.07) is 37.7. The first-order valence-corrected chi connectivity index (χ1v) is 19.7. The maximum absolute atomic E-state index is 15.4. The van der Waals surface area contributed by atoms with Crippen molar-refractivity contribution in [2.45, 2.75) is 32.5 Å². The lowest BCUT2D eigenvalue weighted by Gasteiger charge is -2.31. The molecule has 1 atom stereocenters. The summed E-state index contributed by atoms with van der Waals surface area (Å²) in [7, 11) is -8.17. The monoisotopic (exact) mass is 728 g/mol. The van der Waals surface area contributed by atoms with E-state index < -0.39 is 23.4 Å². The van der Waals surface area contributed by atoms with Crippen LogP contribution in [-0.4, -0.2) is 27.1 Å². The Bertz CT molecular complexity index is 2000. The van der Waals surface area contributed by atoms with Gasteiger partial charge in [0.05, 0.1) is 31.8 Å². The first-order valence-electron chi connectivity index (χ1n) is 16.2. The highest BCUT2D eigenvalue weighted by atomic mass is 32.2. The van der Waals surface area contributed by atoms with E-state index in [1.54, 1.807) is 30.3 Å². The fraction of sp³-hybridized carbons (Fsp3) is 0.184. The zero-order valence-corrected chi connectivity index (χ0v) is 30.0. The van der Waals surface area contributed by atoms with E-state index in [0.29, 0.717) is 17.0 Å². The predicted octanol–water partition coefficient (Wildman–Crippen LogP) is 8.06. The Kier molecular flexibility index (Phi) is 12.5. The largest absolute Gasteiger partial charge is 0.490 e. The molecule has 0 aliphatic heterocycles. The number of rotatable bonds is 18. The second-order valence-electron chi connectivity index (χ2n) is 11.6. The molecule has 1 unspecified atom stereocenters. The predicted molar refractivity (Wildman–Crippen MR) is 201 cm³/mol. The van der Waals surface area contributed by atoms with Crippen molar-refractivity contribution in [3.63, 3.8) is 0 Å². The summed E-state index contributed by atoms with van der Waals surface area (Å²) in [4.78, 5) is 0. The molecule has 5 rings (SSSR count). The average molecular weight is 729 g/mol. The van der Waals surface area contributed by atoms with Gasteiger partial charge in [-0.3, -0.25) is 14.7 Å². The summed E-state index contributed by atoms with van der Waals surface area (Å²) in [6.45, 7) is 2.12. The molecular formula is C38H41N4O7PS. The number of nitrogens with one attached hydrogen (secondary N) is 3. The van der Waals surface area contributed by atoms with Crippen molar-refractivity contribution < 1.29 is 31.5 Å². The highest BCUT2D eigenvalue weighted by molar-refractivity contribution is 7.92. The van der Waals surface area contributed by atoms with Crippen LogP contribution in [0.15, 0.2) is 127 Å². The lowest BCUT2D eigenvalue weighted by Crippen LogP contribution is -2.19. The molecule has 13 heteroatoms. The third-order valence-corrected chi connectivity index (χ3v) is 10.2. The van der Waals surface area contributed by atoms with Crippen molar-refractivity contribution in [1.29, 1.82) is 5.41 Å². The highest BCUT2D eigenvalue weighted by Gasteiger charge is 2.40. The number of amidine groups is 1. The van der Waals surface area contributed by atoms with E-state index in [-0.39, 0.29) is 49.3 Å². The minimum Gasteiger partial charge on any atom is -0.490 e. The molecule has 0 aliphatic carbocycles. The summed E-state index contributed by atoms with van der Waals surface area (Å²) in [6.07, 6.45) is 1.03. The molecule has 0 aliphatic rings. The van der Waals surface area contributed by atoms with E-state index in [1.807, 2.05) is 97.9 Å². The van der Waals surface area contributed by atoms with Crippen molar-refractivity contribution in [2.24, 2.45) is 5.73 Å². The molecule has 5 aromatic carbocycles. The van der Waals surface area contributed by atoms with Gasteiger partial charge in [0.1, 0.15) is 12.4 Å². The lowest BCUT2D eigenvalue weighted by atomic mass is 10.1. The van der Waals surface area contributed by atoms with Gasteiger partial charge in [0.25, 0.3) is 0 Å². The number of anilines is 2. The normalized spacial score (nSPS) is 12.1. The third kappa shape index (κ3) is 10.7. The molecule has 5 N–H and O–H groups in total. The van der Waals surface area contributed by atoms with Crippen LogP contribution in [0.3, 0.4) is 0 Å². The van der Waals surface area contributed by atoms with Crippen LogP contribution < -0.4 is 25.2 Å². The average Bonchev–Trinajstić information content (AvgIpc) is 3.13. The number of benzene rings is 5. The topological polar surface area (TPSA) is 162 Å². The van der Waals surface area contributed by atoms with Crippen molar-refractivity contribution >= 4 is 34.8 Å². The molecular weight excluding hydrogens is 687 g/mol. The van der Waals surface area contributed by atoms with E-state index in [2.05, 4.69) is 10.0 Å². The lowest BCUT2D eigenvalue weighted by molar-refractivity contribution is 0.185. The van der Waals surface area contributed by atoms with Crippen molar-refractivity contribution in [3.8, 4) is 11.5 Å². The Labute approximate surface area is 298 Å². The van der Waals surface area contributed by atoms with Gasteiger partial charge < -0.3 is 29.6 Å². The first kappa shape index (κ1) is 37.1. The van der Waals surface area contributed by atoms with Crippen LogP contribution in [-0.2, 0) is 43.5 Å². The summed E-state index contributed by atoms with van der Waals surface area (Å²) in [5, 5.41) is 11.1. The molecule has 0 radical (unpaired) electrons. The minimum atomic E-state index is -4.30. The quantitative estimate of drug-likeness (QED) is 0.0397. The molecule has 0 bridgehead atoms. The van der Waals surface area contributed by atoms with Gasteiger partial charge in [0.2, 0.25) is 10.0 Å². The fourth-order valence-electron chi connectivity index (χ4n) is 5.10. The van der Waals surface area contributed by atoms with Gasteiger partial charge in [-0.1, -0.05) is 91.0 Å². The second-order valence-corrected chi connectivity index (χ2v) is 15.4. The molecule has 11 nitrogen and oxygen atoms in total. The Balaban J connectivity index is 1.67. The molecule has 0 saturated heterocycles. The number of nitrogen functional groups attached to an aromatic ring is 1. The van der Waals surface area contributed by atoms with E-state index >= 15 is 4.57 Å². The maximum Gasteiger partial charge on any atom is 0.357 e. The van der Waals surface area contributed by atoms with Gasteiger partial charge in [0.15, 0.2) is 17.3 Å². The fourth-order valence-corrected chi connectivity index (χ4v) is 7.57. The molecule has 0 heterocycles. The van der Waals surface area contributed by atoms with Crippen LogP contribution in [0.25, 0.3) is 0 Å². The highest BCUT2D eigenvalue weighted by Crippen LogP contribution is 2.63. The maximum atomic E-state index is 15.4. The summed E-state index contributed by atoms with van der Waals surface area (Å²) >= 11 is 0. The number of hydrogen-bond donors (Lipinski definition) is 4. The van der Waals surface area contributed by atoms with Crippen LogP contribution in [0.1, 0.15) is 40.5 Å². The van der Waals surface area contributed by atoms with Gasteiger partial charge >= 0.3 is 7.60 Å². The number of hydrogen-bond acceptors (Lipinski definition) is 9. The van der Waals surface area contributed by atoms with Gasteiger partial charge in [-0.2, -0.15) is 0 Å². The first-order chi connectivity index (χ1) is 24.5. The Morgan fingerprint density at radius 1 is 0.745 bits per heavy atom. The molecule has 266 valence electrons. The van der Waals surface area contributed by atoms with Crippen molar-refractivity contribution in [3.05, 3.63) is 155 Å². The van der Waals surface area contributed by atoms with Crippen LogP contribution in [0.2, 0.25) is 0 Å². The molecule has 0 amide bonds. The number of sulfonamides is 1. The van der Waals surface area contributed by atoms with Crippen LogP contribution in [0.5, 0.6) is 11.5 Å².